The van der Waals surface area contributed by atoms with Crippen molar-refractivity contribution >= 4 is 6.03 Å². The van der Waals surface area contributed by atoms with E-state index in [2.05, 4.69) is 10.6 Å². The molecule has 2 rings (SSSR count). The third-order valence-electron chi connectivity index (χ3n) is 4.40. The van der Waals surface area contributed by atoms with Gasteiger partial charge in [0.1, 0.15) is 5.75 Å². The van der Waals surface area contributed by atoms with Gasteiger partial charge in [0.2, 0.25) is 0 Å². The number of benzene rings is 1. The van der Waals surface area contributed by atoms with Crippen molar-refractivity contribution in [1.82, 2.24) is 10.6 Å². The van der Waals surface area contributed by atoms with Crippen LogP contribution in [0, 0.1) is 5.92 Å². The molecule has 0 aliphatic heterocycles. The van der Waals surface area contributed by atoms with Gasteiger partial charge >= 0.3 is 6.03 Å². The highest BCUT2D eigenvalue weighted by Gasteiger charge is 2.28. The number of fused-ring (bicyclic) bond motifs is 1. The number of hydrogen-bond donors (Lipinski definition) is 4. The lowest BCUT2D eigenvalue weighted by molar-refractivity contribution is 0.0165. The second-order valence-electron chi connectivity index (χ2n) is 6.28. The van der Waals surface area contributed by atoms with Crippen LogP contribution < -0.4 is 10.6 Å². The Morgan fingerprint density at radius 1 is 1.48 bits per heavy atom. The van der Waals surface area contributed by atoms with Crippen LogP contribution in [0.15, 0.2) is 18.2 Å². The van der Waals surface area contributed by atoms with Gasteiger partial charge in [0, 0.05) is 6.54 Å². The molecule has 2 amide bonds. The first-order valence-corrected chi connectivity index (χ1v) is 7.38. The van der Waals surface area contributed by atoms with Crippen molar-refractivity contribution < 1.29 is 15.0 Å². The molecule has 2 atom stereocenters. The molecule has 1 aliphatic carbocycles. The van der Waals surface area contributed by atoms with E-state index in [0.29, 0.717) is 5.75 Å². The van der Waals surface area contributed by atoms with Gasteiger partial charge in [-0.1, -0.05) is 26.0 Å². The smallest absolute Gasteiger partial charge is 0.315 e. The summed E-state index contributed by atoms with van der Waals surface area (Å²) in [7, 11) is 0. The molecule has 0 bridgehead atoms. The van der Waals surface area contributed by atoms with Crippen molar-refractivity contribution in [3.63, 3.8) is 0 Å². The molecule has 1 aromatic rings. The molecule has 0 saturated carbocycles. The third-order valence-corrected chi connectivity index (χ3v) is 4.40. The van der Waals surface area contributed by atoms with Gasteiger partial charge in [0.25, 0.3) is 0 Å². The molecule has 0 radical (unpaired) electrons. The summed E-state index contributed by atoms with van der Waals surface area (Å²) in [6.45, 7) is 5.74. The van der Waals surface area contributed by atoms with Gasteiger partial charge in [0.05, 0.1) is 11.6 Å². The van der Waals surface area contributed by atoms with Crippen molar-refractivity contribution in [1.29, 1.82) is 0 Å². The predicted octanol–water partition coefficient (Wildman–Crippen LogP) is 2.09. The molecule has 1 aromatic carbocycles. The number of hydrogen-bond acceptors (Lipinski definition) is 3. The summed E-state index contributed by atoms with van der Waals surface area (Å²) < 4.78 is 0. The van der Waals surface area contributed by atoms with Crippen LogP contribution in [-0.2, 0) is 6.42 Å². The molecule has 1 aliphatic rings. The average molecular weight is 292 g/mol. The lowest BCUT2D eigenvalue weighted by Crippen LogP contribution is -2.47. The standard InChI is InChI=1S/C16H24N2O3/c1-10(2)16(3,21)9-17-15(20)18-13-8-7-12-11(13)5-4-6-14(12)19/h4-6,10,13,19,21H,7-9H2,1-3H3,(H2,17,18,20). The summed E-state index contributed by atoms with van der Waals surface area (Å²) in [4.78, 5) is 12.0. The van der Waals surface area contributed by atoms with Crippen LogP contribution in [0.4, 0.5) is 4.79 Å². The molecule has 0 heterocycles. The summed E-state index contributed by atoms with van der Waals surface area (Å²) in [5.41, 5.74) is 0.959. The molecule has 4 N–H and O–H groups in total. The Morgan fingerprint density at radius 2 is 2.19 bits per heavy atom. The molecule has 0 saturated heterocycles. The maximum absolute atomic E-state index is 12.0. The zero-order valence-electron chi connectivity index (χ0n) is 12.8. The van der Waals surface area contributed by atoms with E-state index < -0.39 is 5.60 Å². The summed E-state index contributed by atoms with van der Waals surface area (Å²) in [5, 5.41) is 25.5. The fourth-order valence-corrected chi connectivity index (χ4v) is 2.46. The number of aliphatic hydroxyl groups is 1. The van der Waals surface area contributed by atoms with Gasteiger partial charge in [0.15, 0.2) is 0 Å². The average Bonchev–Trinajstić information content (AvgIpc) is 2.81. The molecular weight excluding hydrogens is 268 g/mol. The summed E-state index contributed by atoms with van der Waals surface area (Å²) in [6.07, 6.45) is 1.54. The number of carbonyl (C=O) groups is 1. The van der Waals surface area contributed by atoms with Crippen LogP contribution in [0.25, 0.3) is 0 Å². The topological polar surface area (TPSA) is 81.6 Å². The highest BCUT2D eigenvalue weighted by molar-refractivity contribution is 5.74. The van der Waals surface area contributed by atoms with Gasteiger partial charge in [-0.15, -0.1) is 0 Å². The van der Waals surface area contributed by atoms with E-state index in [-0.39, 0.29) is 24.5 Å². The second-order valence-corrected chi connectivity index (χ2v) is 6.28. The van der Waals surface area contributed by atoms with Gasteiger partial charge in [-0.3, -0.25) is 0 Å². The zero-order valence-corrected chi connectivity index (χ0v) is 12.8. The van der Waals surface area contributed by atoms with Gasteiger partial charge in [-0.05, 0) is 42.9 Å². The number of phenols is 1. The number of rotatable bonds is 4. The maximum Gasteiger partial charge on any atom is 0.315 e. The van der Waals surface area contributed by atoms with E-state index in [0.717, 1.165) is 24.0 Å². The van der Waals surface area contributed by atoms with Crippen molar-refractivity contribution in [2.24, 2.45) is 5.92 Å². The minimum atomic E-state index is -0.927. The number of aromatic hydroxyl groups is 1. The molecule has 116 valence electrons. The molecule has 21 heavy (non-hydrogen) atoms. The first-order chi connectivity index (χ1) is 9.81. The molecule has 0 aromatic heterocycles. The SMILES string of the molecule is CC(C)C(C)(O)CNC(=O)NC1CCc2c(O)cccc21. The number of phenolic OH excluding ortho intramolecular Hbond substituents is 1. The van der Waals surface area contributed by atoms with Crippen LogP contribution in [-0.4, -0.2) is 28.4 Å². The van der Waals surface area contributed by atoms with Crippen molar-refractivity contribution in [2.75, 3.05) is 6.54 Å². The van der Waals surface area contributed by atoms with Gasteiger partial charge in [-0.25, -0.2) is 4.79 Å². The van der Waals surface area contributed by atoms with E-state index in [1.165, 1.54) is 0 Å². The maximum atomic E-state index is 12.0. The van der Waals surface area contributed by atoms with Crippen molar-refractivity contribution in [3.8, 4) is 5.75 Å². The van der Waals surface area contributed by atoms with Crippen LogP contribution in [0.1, 0.15) is 44.4 Å². The lowest BCUT2D eigenvalue weighted by Gasteiger charge is -2.28. The molecular formula is C16H24N2O3. The second kappa shape index (κ2) is 5.93. The normalized spacial score (nSPS) is 20.0. The number of urea groups is 1. The van der Waals surface area contributed by atoms with E-state index in [4.69, 9.17) is 0 Å². The van der Waals surface area contributed by atoms with Crippen LogP contribution in [0.2, 0.25) is 0 Å². The Morgan fingerprint density at radius 3 is 2.86 bits per heavy atom. The first kappa shape index (κ1) is 15.6. The molecule has 5 nitrogen and oxygen atoms in total. The zero-order chi connectivity index (χ0) is 15.6. The monoisotopic (exact) mass is 292 g/mol. The molecule has 5 heteroatoms. The summed E-state index contributed by atoms with van der Waals surface area (Å²) in [5.74, 6) is 0.349. The Hall–Kier alpha value is -1.75. The van der Waals surface area contributed by atoms with Gasteiger partial charge < -0.3 is 20.8 Å². The van der Waals surface area contributed by atoms with Crippen molar-refractivity contribution in [3.05, 3.63) is 29.3 Å². The van der Waals surface area contributed by atoms with E-state index in [1.54, 1.807) is 19.1 Å². The van der Waals surface area contributed by atoms with Crippen LogP contribution in [0.3, 0.4) is 0 Å². The molecule has 0 spiro atoms. The lowest BCUT2D eigenvalue weighted by atomic mass is 9.93. The van der Waals surface area contributed by atoms with Crippen LogP contribution in [0.5, 0.6) is 5.75 Å². The third kappa shape index (κ3) is 3.47. The minimum Gasteiger partial charge on any atom is -0.508 e. The quantitative estimate of drug-likeness (QED) is 0.686. The summed E-state index contributed by atoms with van der Waals surface area (Å²) >= 11 is 0. The Balaban J connectivity index is 1.93. The predicted molar refractivity (Wildman–Crippen MR) is 81.2 cm³/mol. The Labute approximate surface area is 125 Å². The Bertz CT molecular complexity index is 526. The van der Waals surface area contributed by atoms with E-state index in [9.17, 15) is 15.0 Å². The minimum absolute atomic E-state index is 0.0574. The molecule has 0 fully saturated rings. The fourth-order valence-electron chi connectivity index (χ4n) is 2.46. The van der Waals surface area contributed by atoms with E-state index >= 15 is 0 Å². The van der Waals surface area contributed by atoms with Crippen molar-refractivity contribution in [2.45, 2.75) is 45.3 Å². The first-order valence-electron chi connectivity index (χ1n) is 7.38. The van der Waals surface area contributed by atoms with E-state index in [1.807, 2.05) is 19.9 Å². The number of amides is 2. The number of carbonyl (C=O) groups excluding carboxylic acids is 1. The number of nitrogens with one attached hydrogen (secondary N) is 2. The Kier molecular flexibility index (Phi) is 4.42. The highest BCUT2D eigenvalue weighted by Crippen LogP contribution is 2.36. The molecule has 2 unspecified atom stereocenters. The largest absolute Gasteiger partial charge is 0.508 e. The summed E-state index contributed by atoms with van der Waals surface area (Å²) in [6, 6.07) is 5.00. The fraction of sp³-hybridized carbons (Fsp3) is 0.562. The van der Waals surface area contributed by atoms with Crippen LogP contribution >= 0.6 is 0 Å². The highest BCUT2D eigenvalue weighted by atomic mass is 16.3. The van der Waals surface area contributed by atoms with Gasteiger partial charge in [-0.2, -0.15) is 0 Å².